The number of aryl methyl sites for hydroxylation is 3. The highest BCUT2D eigenvalue weighted by molar-refractivity contribution is 5.98. The molecule has 1 saturated carbocycles. The molecule has 5 heterocycles. The summed E-state index contributed by atoms with van der Waals surface area (Å²) >= 11 is 0. The summed E-state index contributed by atoms with van der Waals surface area (Å²) in [6, 6.07) is 6.30. The third-order valence-electron chi connectivity index (χ3n) is 7.03. The predicted octanol–water partition coefficient (Wildman–Crippen LogP) is 6.61. The number of hydrogen-bond acceptors (Lipinski definition) is 5. The predicted molar refractivity (Wildman–Crippen MR) is 132 cm³/mol. The number of pyridine rings is 2. The molecule has 10 heteroatoms. The normalized spacial score (nSPS) is 15.0. The lowest BCUT2D eigenvalue weighted by Crippen LogP contribution is -2.19. The second-order valence-electron chi connectivity index (χ2n) is 9.69. The fourth-order valence-corrected chi connectivity index (χ4v) is 5.26. The Morgan fingerprint density at radius 1 is 1.11 bits per heavy atom. The Labute approximate surface area is 210 Å². The molecule has 0 saturated heterocycles. The van der Waals surface area contributed by atoms with Crippen molar-refractivity contribution in [3.8, 4) is 22.3 Å². The first-order valence-corrected chi connectivity index (χ1v) is 12.1. The number of alkyl halides is 3. The molecule has 5 aromatic rings. The molecule has 37 heavy (non-hydrogen) atoms. The lowest BCUT2D eigenvalue weighted by Gasteiger charge is -2.20. The third kappa shape index (κ3) is 3.82. The molecule has 1 atom stereocenters. The van der Waals surface area contributed by atoms with Crippen molar-refractivity contribution in [2.45, 2.75) is 51.7 Å². The Morgan fingerprint density at radius 2 is 1.89 bits per heavy atom. The zero-order valence-corrected chi connectivity index (χ0v) is 20.8. The number of aromatic nitrogens is 6. The topological polar surface area (TPSA) is 74.6 Å². The summed E-state index contributed by atoms with van der Waals surface area (Å²) in [6.07, 6.45) is 2.04. The van der Waals surface area contributed by atoms with Gasteiger partial charge in [0.25, 0.3) is 0 Å². The highest BCUT2D eigenvalue weighted by Crippen LogP contribution is 2.50. The molecular formula is C27H25F3N6O. The van der Waals surface area contributed by atoms with Crippen molar-refractivity contribution >= 4 is 11.0 Å². The van der Waals surface area contributed by atoms with E-state index in [4.69, 9.17) is 4.52 Å². The van der Waals surface area contributed by atoms with E-state index in [-0.39, 0.29) is 17.0 Å². The molecule has 0 bridgehead atoms. The van der Waals surface area contributed by atoms with Gasteiger partial charge in [-0.3, -0.25) is 14.6 Å². The van der Waals surface area contributed by atoms with E-state index >= 15 is 13.2 Å². The number of halogens is 3. The summed E-state index contributed by atoms with van der Waals surface area (Å²) in [6.45, 7) is 5.31. The van der Waals surface area contributed by atoms with Gasteiger partial charge >= 0.3 is 6.18 Å². The van der Waals surface area contributed by atoms with Gasteiger partial charge in [0.2, 0.25) is 0 Å². The van der Waals surface area contributed by atoms with Crippen LogP contribution in [-0.4, -0.2) is 29.5 Å². The van der Waals surface area contributed by atoms with Crippen molar-refractivity contribution in [1.29, 1.82) is 0 Å². The molecule has 0 N–H and O–H groups in total. The van der Waals surface area contributed by atoms with Crippen molar-refractivity contribution in [2.24, 2.45) is 7.05 Å². The van der Waals surface area contributed by atoms with Gasteiger partial charge in [0.15, 0.2) is 0 Å². The monoisotopic (exact) mass is 506 g/mol. The Balaban J connectivity index is 1.72. The number of rotatable bonds is 5. The molecule has 1 aliphatic carbocycles. The highest BCUT2D eigenvalue weighted by atomic mass is 19.4. The molecule has 1 fully saturated rings. The Morgan fingerprint density at radius 3 is 2.51 bits per heavy atom. The van der Waals surface area contributed by atoms with E-state index in [2.05, 4.69) is 20.2 Å². The first-order chi connectivity index (χ1) is 17.6. The van der Waals surface area contributed by atoms with Gasteiger partial charge in [-0.1, -0.05) is 11.2 Å². The van der Waals surface area contributed by atoms with Gasteiger partial charge < -0.3 is 9.09 Å². The minimum absolute atomic E-state index is 0.0607. The van der Waals surface area contributed by atoms with Gasteiger partial charge in [-0.05, 0) is 51.8 Å². The standard InChI is InChI=1S/C27H25F3N6O/c1-14-22(16(3)37-34-14)18-11-21-25(32-12-18)23(19-13-35(4)33-24(19)17-8-9-17)26(27(28,29)30)36(21)15(2)20-7-5-6-10-31-20/h5-7,10-13,15,17H,8-9H2,1-4H3. The summed E-state index contributed by atoms with van der Waals surface area (Å²) in [5.41, 5.74) is 3.66. The largest absolute Gasteiger partial charge is 0.432 e. The summed E-state index contributed by atoms with van der Waals surface area (Å²) in [7, 11) is 1.74. The Hall–Kier alpha value is -3.95. The smallest absolute Gasteiger partial charge is 0.361 e. The van der Waals surface area contributed by atoms with Gasteiger partial charge in [0, 0.05) is 53.8 Å². The van der Waals surface area contributed by atoms with E-state index in [1.165, 1.54) is 4.57 Å². The van der Waals surface area contributed by atoms with E-state index < -0.39 is 17.9 Å². The molecule has 0 spiro atoms. The summed E-state index contributed by atoms with van der Waals surface area (Å²) in [4.78, 5) is 9.03. The first kappa shape index (κ1) is 23.4. The second-order valence-corrected chi connectivity index (χ2v) is 9.69. The number of hydrogen-bond donors (Lipinski definition) is 0. The molecule has 0 aliphatic heterocycles. The van der Waals surface area contributed by atoms with E-state index in [1.807, 2.05) is 0 Å². The molecule has 6 rings (SSSR count). The SMILES string of the molecule is Cc1noc(C)c1-c1cnc2c(-c3cn(C)nc3C3CC3)c(C(F)(F)F)n(C(C)c3ccccn3)c2c1. The molecule has 0 radical (unpaired) electrons. The van der Waals surface area contributed by atoms with Crippen molar-refractivity contribution in [1.82, 2.24) is 29.5 Å². The van der Waals surface area contributed by atoms with Gasteiger partial charge in [-0.15, -0.1) is 0 Å². The molecule has 190 valence electrons. The second kappa shape index (κ2) is 8.29. The minimum atomic E-state index is -4.65. The van der Waals surface area contributed by atoms with Gasteiger partial charge in [0.05, 0.1) is 34.2 Å². The summed E-state index contributed by atoms with van der Waals surface area (Å²) < 4.78 is 53.4. The average Bonchev–Trinajstić information content (AvgIpc) is 3.43. The molecule has 1 unspecified atom stereocenters. The molecule has 1 aliphatic rings. The zero-order valence-electron chi connectivity index (χ0n) is 20.8. The van der Waals surface area contributed by atoms with Crippen LogP contribution >= 0.6 is 0 Å². The van der Waals surface area contributed by atoms with E-state index in [0.29, 0.717) is 39.5 Å². The van der Waals surface area contributed by atoms with E-state index in [1.54, 1.807) is 75.4 Å². The highest BCUT2D eigenvalue weighted by Gasteiger charge is 2.43. The van der Waals surface area contributed by atoms with Crippen LogP contribution in [0.2, 0.25) is 0 Å². The van der Waals surface area contributed by atoms with Crippen LogP contribution in [0.5, 0.6) is 0 Å². The summed E-state index contributed by atoms with van der Waals surface area (Å²) in [5.74, 6) is 0.736. The first-order valence-electron chi connectivity index (χ1n) is 12.1. The maximum atomic E-state index is 15.0. The van der Waals surface area contributed by atoms with Crippen LogP contribution in [0.4, 0.5) is 13.2 Å². The van der Waals surface area contributed by atoms with Crippen LogP contribution in [-0.2, 0) is 13.2 Å². The molecule has 7 nitrogen and oxygen atoms in total. The van der Waals surface area contributed by atoms with Gasteiger partial charge in [-0.25, -0.2) is 0 Å². The van der Waals surface area contributed by atoms with Crippen molar-refractivity contribution in [3.05, 3.63) is 71.4 Å². The van der Waals surface area contributed by atoms with Crippen molar-refractivity contribution < 1.29 is 17.7 Å². The molecule has 0 aromatic carbocycles. The van der Waals surface area contributed by atoms with Crippen LogP contribution in [0, 0.1) is 13.8 Å². The maximum Gasteiger partial charge on any atom is 0.432 e. The van der Waals surface area contributed by atoms with Crippen LogP contribution in [0.3, 0.4) is 0 Å². The van der Waals surface area contributed by atoms with Crippen LogP contribution in [0.15, 0.2) is 47.4 Å². The lowest BCUT2D eigenvalue weighted by molar-refractivity contribution is -0.143. The van der Waals surface area contributed by atoms with E-state index in [9.17, 15) is 0 Å². The molecule has 0 amide bonds. The van der Waals surface area contributed by atoms with Gasteiger partial charge in [0.1, 0.15) is 11.5 Å². The minimum Gasteiger partial charge on any atom is -0.361 e. The average molecular weight is 507 g/mol. The van der Waals surface area contributed by atoms with Crippen molar-refractivity contribution in [2.75, 3.05) is 0 Å². The van der Waals surface area contributed by atoms with Crippen LogP contribution < -0.4 is 0 Å². The van der Waals surface area contributed by atoms with Crippen LogP contribution in [0.1, 0.15) is 60.3 Å². The van der Waals surface area contributed by atoms with Crippen LogP contribution in [0.25, 0.3) is 33.3 Å². The maximum absolute atomic E-state index is 15.0. The third-order valence-corrected chi connectivity index (χ3v) is 7.03. The van der Waals surface area contributed by atoms with Gasteiger partial charge in [-0.2, -0.15) is 18.3 Å². The quantitative estimate of drug-likeness (QED) is 0.268. The fourth-order valence-electron chi connectivity index (χ4n) is 5.26. The van der Waals surface area contributed by atoms with Crippen molar-refractivity contribution in [3.63, 3.8) is 0 Å². The van der Waals surface area contributed by atoms with E-state index in [0.717, 1.165) is 18.4 Å². The Bertz CT molecular complexity index is 1610. The number of fused-ring (bicyclic) bond motifs is 1. The zero-order chi connectivity index (χ0) is 26.1. The molecular weight excluding hydrogens is 481 g/mol. The lowest BCUT2D eigenvalue weighted by atomic mass is 10.0. The fraction of sp³-hybridized carbons (Fsp3) is 0.333. The summed E-state index contributed by atoms with van der Waals surface area (Å²) in [5, 5.41) is 8.57. The molecule has 5 aromatic heterocycles. The Kier molecular flexibility index (Phi) is 5.25. The number of nitrogens with zero attached hydrogens (tertiary/aromatic N) is 6.